The van der Waals surface area contributed by atoms with Gasteiger partial charge >= 0.3 is 0 Å². The molecule has 2 aromatic rings. The lowest BCUT2D eigenvalue weighted by Crippen LogP contribution is -2.09. The zero-order chi connectivity index (χ0) is 15.2. The van der Waals surface area contributed by atoms with Gasteiger partial charge in [-0.3, -0.25) is 0 Å². The molecule has 0 spiro atoms. The van der Waals surface area contributed by atoms with Crippen LogP contribution < -0.4 is 4.74 Å². The third-order valence-corrected chi connectivity index (χ3v) is 3.63. The molecular weight excluding hydrogens is 292 g/mol. The van der Waals surface area contributed by atoms with Crippen molar-refractivity contribution in [3.63, 3.8) is 0 Å². The minimum Gasteiger partial charge on any atom is -0.498 e. The van der Waals surface area contributed by atoms with Crippen molar-refractivity contribution >= 4 is 11.6 Å². The molecule has 22 heavy (non-hydrogen) atoms. The quantitative estimate of drug-likeness (QED) is 0.673. The van der Waals surface area contributed by atoms with Crippen LogP contribution in [0.5, 0.6) is 5.75 Å². The average molecular weight is 308 g/mol. The molecule has 3 rings (SSSR count). The Morgan fingerprint density at radius 2 is 1.59 bits per heavy atom. The summed E-state index contributed by atoms with van der Waals surface area (Å²) in [5, 5.41) is 0.711. The molecule has 1 aliphatic rings. The summed E-state index contributed by atoms with van der Waals surface area (Å²) in [6.07, 6.45) is 10.4. The van der Waals surface area contributed by atoms with E-state index in [4.69, 9.17) is 16.3 Å². The molecule has 110 valence electrons. The van der Waals surface area contributed by atoms with E-state index < -0.39 is 0 Å². The number of hydrogen-bond acceptors (Lipinski definition) is 1. The minimum absolute atomic E-state index is 0.511. The van der Waals surface area contributed by atoms with Crippen LogP contribution in [-0.4, -0.2) is 6.61 Å². The highest BCUT2D eigenvalue weighted by Gasteiger charge is 2.04. The SMILES string of the molecule is Clc1ccc(OC[C-](C=C2C=CC=C2)c2ccccc2)cc1. The van der Waals surface area contributed by atoms with Gasteiger partial charge in [-0.05, 0) is 24.3 Å². The Balaban J connectivity index is 1.76. The second kappa shape index (κ2) is 7.06. The molecule has 1 nitrogen and oxygen atoms in total. The van der Waals surface area contributed by atoms with Crippen LogP contribution in [0.1, 0.15) is 5.56 Å². The van der Waals surface area contributed by atoms with E-state index in [2.05, 4.69) is 30.4 Å². The van der Waals surface area contributed by atoms with Gasteiger partial charge in [0, 0.05) is 5.02 Å². The molecule has 2 heteroatoms. The number of ether oxygens (including phenoxy) is 1. The van der Waals surface area contributed by atoms with Crippen LogP contribution in [0.25, 0.3) is 0 Å². The first-order valence-electron chi connectivity index (χ1n) is 7.17. The fourth-order valence-corrected chi connectivity index (χ4v) is 2.36. The average Bonchev–Trinajstić information content (AvgIpc) is 3.07. The standard InChI is InChI=1S/C20H16ClO/c21-19-10-12-20(13-11-19)22-15-18(14-16-6-4-5-7-16)17-8-2-1-3-9-17/h1-14H,15H2/q-1. The van der Waals surface area contributed by atoms with Crippen molar-refractivity contribution in [1.29, 1.82) is 0 Å². The van der Waals surface area contributed by atoms with Gasteiger partial charge in [0.05, 0.1) is 6.61 Å². The van der Waals surface area contributed by atoms with Gasteiger partial charge in [0.1, 0.15) is 5.75 Å². The Hall–Kier alpha value is -2.38. The molecule has 0 aromatic heterocycles. The summed E-state index contributed by atoms with van der Waals surface area (Å²) in [5.41, 5.74) is 2.34. The van der Waals surface area contributed by atoms with Crippen molar-refractivity contribution < 1.29 is 4.74 Å². The fourth-order valence-electron chi connectivity index (χ4n) is 2.24. The van der Waals surface area contributed by atoms with Crippen LogP contribution in [0, 0.1) is 5.92 Å². The van der Waals surface area contributed by atoms with Crippen LogP contribution in [0.3, 0.4) is 0 Å². The maximum atomic E-state index is 5.90. The second-order valence-electron chi connectivity index (χ2n) is 5.00. The monoisotopic (exact) mass is 307 g/mol. The first kappa shape index (κ1) is 14.6. The molecule has 0 amide bonds. The van der Waals surface area contributed by atoms with Gasteiger partial charge in [0.15, 0.2) is 0 Å². The van der Waals surface area contributed by atoms with Crippen molar-refractivity contribution in [3.05, 3.63) is 107 Å². The highest BCUT2D eigenvalue weighted by atomic mass is 35.5. The van der Waals surface area contributed by atoms with E-state index in [1.54, 1.807) is 0 Å². The van der Waals surface area contributed by atoms with Gasteiger partial charge in [-0.1, -0.05) is 53.5 Å². The Bertz CT molecular complexity index is 682. The Morgan fingerprint density at radius 1 is 0.909 bits per heavy atom. The highest BCUT2D eigenvalue weighted by Crippen LogP contribution is 2.23. The van der Waals surface area contributed by atoms with Crippen LogP contribution in [0.4, 0.5) is 0 Å². The van der Waals surface area contributed by atoms with Crippen LogP contribution in [0.2, 0.25) is 5.02 Å². The van der Waals surface area contributed by atoms with E-state index in [0.29, 0.717) is 11.6 Å². The smallest absolute Gasteiger partial charge is 0.118 e. The Labute approximate surface area is 136 Å². The summed E-state index contributed by atoms with van der Waals surface area (Å²) in [4.78, 5) is 0. The number of hydrogen-bond donors (Lipinski definition) is 0. The summed E-state index contributed by atoms with van der Waals surface area (Å²) in [6, 6.07) is 17.7. The zero-order valence-electron chi connectivity index (χ0n) is 12.1. The molecule has 0 heterocycles. The van der Waals surface area contributed by atoms with Gasteiger partial charge in [-0.15, -0.1) is 35.9 Å². The zero-order valence-corrected chi connectivity index (χ0v) is 12.8. The summed E-state index contributed by atoms with van der Waals surface area (Å²) >= 11 is 5.90. The maximum Gasteiger partial charge on any atom is 0.118 e. The highest BCUT2D eigenvalue weighted by molar-refractivity contribution is 6.30. The van der Waals surface area contributed by atoms with Crippen molar-refractivity contribution in [1.82, 2.24) is 0 Å². The molecule has 0 N–H and O–H groups in total. The lowest BCUT2D eigenvalue weighted by Gasteiger charge is -2.22. The molecule has 2 aromatic carbocycles. The molecule has 0 bridgehead atoms. The third-order valence-electron chi connectivity index (χ3n) is 3.38. The van der Waals surface area contributed by atoms with E-state index in [-0.39, 0.29) is 0 Å². The second-order valence-corrected chi connectivity index (χ2v) is 5.43. The topological polar surface area (TPSA) is 9.23 Å². The summed E-state index contributed by atoms with van der Waals surface area (Å²) in [6.45, 7) is 0.511. The molecule has 0 saturated carbocycles. The van der Waals surface area contributed by atoms with Gasteiger partial charge in [0.25, 0.3) is 0 Å². The number of halogens is 1. The van der Waals surface area contributed by atoms with Crippen molar-refractivity contribution in [3.8, 4) is 5.75 Å². The maximum absolute atomic E-state index is 5.90. The summed E-state index contributed by atoms with van der Waals surface area (Å²) in [7, 11) is 0. The molecule has 0 unspecified atom stereocenters. The van der Waals surface area contributed by atoms with Crippen LogP contribution in [-0.2, 0) is 0 Å². The minimum atomic E-state index is 0.511. The lowest BCUT2D eigenvalue weighted by molar-refractivity contribution is 0.341. The molecule has 0 fully saturated rings. The number of benzene rings is 2. The number of rotatable bonds is 5. The van der Waals surface area contributed by atoms with E-state index in [0.717, 1.165) is 17.2 Å². The molecule has 0 atom stereocenters. The Morgan fingerprint density at radius 3 is 2.27 bits per heavy atom. The number of allylic oxidation sites excluding steroid dienone is 5. The van der Waals surface area contributed by atoms with Crippen molar-refractivity contribution in [2.24, 2.45) is 0 Å². The van der Waals surface area contributed by atoms with Gasteiger partial charge in [-0.2, -0.15) is 0 Å². The van der Waals surface area contributed by atoms with Gasteiger partial charge in [0.2, 0.25) is 0 Å². The normalized spacial score (nSPS) is 12.5. The predicted molar refractivity (Wildman–Crippen MR) is 92.1 cm³/mol. The molecule has 0 radical (unpaired) electrons. The molecule has 0 saturated heterocycles. The molecule has 0 aliphatic heterocycles. The first-order valence-corrected chi connectivity index (χ1v) is 7.55. The largest absolute Gasteiger partial charge is 0.498 e. The van der Waals surface area contributed by atoms with Crippen LogP contribution in [0.15, 0.2) is 90.6 Å². The van der Waals surface area contributed by atoms with Gasteiger partial charge < -0.3 is 4.74 Å². The van der Waals surface area contributed by atoms with E-state index in [1.807, 2.05) is 54.6 Å². The van der Waals surface area contributed by atoms with Crippen LogP contribution >= 0.6 is 11.6 Å². The van der Waals surface area contributed by atoms with E-state index >= 15 is 0 Å². The lowest BCUT2D eigenvalue weighted by atomic mass is 9.97. The first-order chi connectivity index (χ1) is 10.8. The summed E-state index contributed by atoms with van der Waals surface area (Å²) < 4.78 is 5.90. The van der Waals surface area contributed by atoms with Gasteiger partial charge in [-0.25, -0.2) is 0 Å². The Kier molecular flexibility index (Phi) is 4.67. The van der Waals surface area contributed by atoms with E-state index in [9.17, 15) is 0 Å². The predicted octanol–water partition coefficient (Wildman–Crippen LogP) is 5.39. The third kappa shape index (κ3) is 3.84. The molecule has 1 aliphatic carbocycles. The van der Waals surface area contributed by atoms with E-state index in [1.165, 1.54) is 5.57 Å². The van der Waals surface area contributed by atoms with Crippen molar-refractivity contribution in [2.75, 3.05) is 6.61 Å². The molecular formula is C20H16ClO-. The van der Waals surface area contributed by atoms with Crippen molar-refractivity contribution in [2.45, 2.75) is 0 Å². The summed E-state index contributed by atoms with van der Waals surface area (Å²) in [5.74, 6) is 1.95. The fraction of sp³-hybridized carbons (Fsp3) is 0.0500.